The summed E-state index contributed by atoms with van der Waals surface area (Å²) in [6.07, 6.45) is 2.39. The predicted octanol–water partition coefficient (Wildman–Crippen LogP) is 2.36. The van der Waals surface area contributed by atoms with Gasteiger partial charge in [-0.2, -0.15) is 0 Å². The number of nitro groups is 1. The van der Waals surface area contributed by atoms with Crippen molar-refractivity contribution in [3.63, 3.8) is 0 Å². The van der Waals surface area contributed by atoms with Crippen molar-refractivity contribution in [1.82, 2.24) is 0 Å². The highest BCUT2D eigenvalue weighted by Gasteiger charge is 2.17. The summed E-state index contributed by atoms with van der Waals surface area (Å²) in [4.78, 5) is 9.95. The fraction of sp³-hybridized carbons (Fsp3) is 0.273. The Hall–Kier alpha value is -1.82. The molecule has 0 radical (unpaired) electrons. The van der Waals surface area contributed by atoms with E-state index in [0.717, 1.165) is 5.56 Å². The molecule has 0 amide bonds. The Morgan fingerprint density at radius 3 is 2.43 bits per heavy atom. The van der Waals surface area contributed by atoms with Crippen LogP contribution < -0.4 is 0 Å². The molecule has 3 nitrogen and oxygen atoms in total. The molecular formula is C11H9NO2. The molecule has 0 spiro atoms. The second kappa shape index (κ2) is 3.51. The van der Waals surface area contributed by atoms with Crippen molar-refractivity contribution in [1.29, 1.82) is 0 Å². The third-order valence-corrected chi connectivity index (χ3v) is 2.08. The number of hydrogen-bond acceptors (Lipinski definition) is 2. The molecule has 0 saturated heterocycles. The van der Waals surface area contributed by atoms with E-state index in [0.29, 0.717) is 5.92 Å². The molecular weight excluding hydrogens is 178 g/mol. The van der Waals surface area contributed by atoms with Gasteiger partial charge in [0.25, 0.3) is 5.69 Å². The van der Waals surface area contributed by atoms with E-state index in [4.69, 9.17) is 0 Å². The molecule has 1 aromatic carbocycles. The maximum atomic E-state index is 10.4. The highest BCUT2D eigenvalue weighted by Crippen LogP contribution is 2.27. The second-order valence-electron chi connectivity index (χ2n) is 3.35. The highest BCUT2D eigenvalue weighted by molar-refractivity contribution is 5.41. The van der Waals surface area contributed by atoms with Gasteiger partial charge in [-0.1, -0.05) is 11.8 Å². The van der Waals surface area contributed by atoms with E-state index in [2.05, 4.69) is 11.8 Å². The minimum absolute atomic E-state index is 0.113. The molecule has 0 bridgehead atoms. The lowest BCUT2D eigenvalue weighted by Crippen LogP contribution is -1.86. The van der Waals surface area contributed by atoms with Gasteiger partial charge in [-0.3, -0.25) is 10.1 Å². The third-order valence-electron chi connectivity index (χ3n) is 2.08. The zero-order valence-electron chi connectivity index (χ0n) is 7.56. The van der Waals surface area contributed by atoms with Crippen molar-refractivity contribution in [2.45, 2.75) is 12.8 Å². The maximum Gasteiger partial charge on any atom is 0.269 e. The molecule has 14 heavy (non-hydrogen) atoms. The summed E-state index contributed by atoms with van der Waals surface area (Å²) in [5.74, 6) is 6.66. The van der Waals surface area contributed by atoms with Crippen LogP contribution in [0.4, 0.5) is 5.69 Å². The fourth-order valence-electron chi connectivity index (χ4n) is 1.08. The van der Waals surface area contributed by atoms with Crippen LogP contribution in [0.2, 0.25) is 0 Å². The quantitative estimate of drug-likeness (QED) is 0.385. The number of nitrogens with zero attached hydrogens (tertiary/aromatic N) is 1. The van der Waals surface area contributed by atoms with Crippen molar-refractivity contribution in [2.75, 3.05) is 0 Å². The molecule has 0 heterocycles. The van der Waals surface area contributed by atoms with E-state index in [1.165, 1.54) is 25.0 Å². The van der Waals surface area contributed by atoms with Gasteiger partial charge in [0.05, 0.1) is 4.92 Å². The minimum Gasteiger partial charge on any atom is -0.258 e. The van der Waals surface area contributed by atoms with Crippen molar-refractivity contribution in [3.05, 3.63) is 39.9 Å². The van der Waals surface area contributed by atoms with Gasteiger partial charge in [0.1, 0.15) is 0 Å². The summed E-state index contributed by atoms with van der Waals surface area (Å²) in [5.41, 5.74) is 0.962. The van der Waals surface area contributed by atoms with Crippen LogP contribution >= 0.6 is 0 Å². The van der Waals surface area contributed by atoms with Gasteiger partial charge in [0.2, 0.25) is 0 Å². The SMILES string of the molecule is O=[N+]([O-])c1ccc(C#CC2CC2)cc1. The van der Waals surface area contributed by atoms with Crippen molar-refractivity contribution < 1.29 is 4.92 Å². The number of hydrogen-bond donors (Lipinski definition) is 0. The summed E-state index contributed by atoms with van der Waals surface area (Å²) < 4.78 is 0. The Bertz CT molecular complexity index is 407. The molecule has 3 heteroatoms. The highest BCUT2D eigenvalue weighted by atomic mass is 16.6. The van der Waals surface area contributed by atoms with Gasteiger partial charge >= 0.3 is 0 Å². The van der Waals surface area contributed by atoms with Crippen LogP contribution in [0.25, 0.3) is 0 Å². The predicted molar refractivity (Wildman–Crippen MR) is 52.7 cm³/mol. The van der Waals surface area contributed by atoms with Gasteiger partial charge in [-0.15, -0.1) is 0 Å². The first-order valence-corrected chi connectivity index (χ1v) is 4.52. The Morgan fingerprint density at radius 1 is 1.29 bits per heavy atom. The minimum atomic E-state index is -0.405. The first kappa shape index (κ1) is 8.76. The van der Waals surface area contributed by atoms with Gasteiger partial charge in [0.15, 0.2) is 0 Å². The fourth-order valence-corrected chi connectivity index (χ4v) is 1.08. The largest absolute Gasteiger partial charge is 0.269 e. The van der Waals surface area contributed by atoms with Gasteiger partial charge < -0.3 is 0 Å². The van der Waals surface area contributed by atoms with Crippen LogP contribution in [0.15, 0.2) is 24.3 Å². The van der Waals surface area contributed by atoms with E-state index in [1.807, 2.05) is 0 Å². The van der Waals surface area contributed by atoms with Gasteiger partial charge in [-0.25, -0.2) is 0 Å². The molecule has 70 valence electrons. The molecule has 0 N–H and O–H groups in total. The molecule has 0 atom stereocenters. The molecule has 2 rings (SSSR count). The van der Waals surface area contributed by atoms with E-state index >= 15 is 0 Å². The van der Waals surface area contributed by atoms with Crippen LogP contribution in [-0.2, 0) is 0 Å². The number of rotatable bonds is 1. The van der Waals surface area contributed by atoms with Crippen molar-refractivity contribution >= 4 is 5.69 Å². The standard InChI is InChI=1S/C11H9NO2/c13-12(14)11-7-5-10(6-8-11)4-3-9-1-2-9/h5-9H,1-2H2. The van der Waals surface area contributed by atoms with Gasteiger partial charge in [0, 0.05) is 23.6 Å². The number of benzene rings is 1. The van der Waals surface area contributed by atoms with Crippen LogP contribution in [0.3, 0.4) is 0 Å². The van der Waals surface area contributed by atoms with Crippen LogP contribution in [0.1, 0.15) is 18.4 Å². The van der Waals surface area contributed by atoms with Crippen molar-refractivity contribution in [2.24, 2.45) is 5.92 Å². The summed E-state index contributed by atoms with van der Waals surface area (Å²) in [6.45, 7) is 0. The third kappa shape index (κ3) is 2.11. The van der Waals surface area contributed by atoms with E-state index in [1.54, 1.807) is 12.1 Å². The number of nitro benzene ring substituents is 1. The molecule has 1 aliphatic rings. The second-order valence-corrected chi connectivity index (χ2v) is 3.35. The van der Waals surface area contributed by atoms with E-state index < -0.39 is 4.92 Å². The van der Waals surface area contributed by atoms with E-state index in [-0.39, 0.29) is 5.69 Å². The summed E-state index contributed by atoms with van der Waals surface area (Å²) >= 11 is 0. The lowest BCUT2D eigenvalue weighted by Gasteiger charge is -1.90. The zero-order valence-corrected chi connectivity index (χ0v) is 7.56. The molecule has 1 saturated carbocycles. The lowest BCUT2D eigenvalue weighted by molar-refractivity contribution is -0.384. The topological polar surface area (TPSA) is 43.1 Å². The Kier molecular flexibility index (Phi) is 2.19. The summed E-state index contributed by atoms with van der Waals surface area (Å²) in [5, 5.41) is 10.4. The first-order chi connectivity index (χ1) is 6.75. The van der Waals surface area contributed by atoms with Gasteiger partial charge in [-0.05, 0) is 25.0 Å². The van der Waals surface area contributed by atoms with E-state index in [9.17, 15) is 10.1 Å². The molecule has 1 aliphatic carbocycles. The number of non-ortho nitro benzene ring substituents is 1. The average Bonchev–Trinajstić information content (AvgIpc) is 2.99. The molecule has 1 aromatic rings. The molecule has 1 fully saturated rings. The lowest BCUT2D eigenvalue weighted by atomic mass is 10.2. The Morgan fingerprint density at radius 2 is 1.93 bits per heavy atom. The van der Waals surface area contributed by atoms with Crippen LogP contribution in [0, 0.1) is 27.9 Å². The summed E-state index contributed by atoms with van der Waals surface area (Å²) in [7, 11) is 0. The van der Waals surface area contributed by atoms with Crippen LogP contribution in [-0.4, -0.2) is 4.92 Å². The monoisotopic (exact) mass is 187 g/mol. The Labute approximate surface area is 81.9 Å². The zero-order chi connectivity index (χ0) is 9.97. The van der Waals surface area contributed by atoms with Crippen molar-refractivity contribution in [3.8, 4) is 11.8 Å². The smallest absolute Gasteiger partial charge is 0.258 e. The molecule has 0 aromatic heterocycles. The Balaban J connectivity index is 2.14. The van der Waals surface area contributed by atoms with Crippen LogP contribution in [0.5, 0.6) is 0 Å². The average molecular weight is 187 g/mol. The summed E-state index contributed by atoms with van der Waals surface area (Å²) in [6, 6.07) is 6.34. The molecule has 0 unspecified atom stereocenters. The first-order valence-electron chi connectivity index (χ1n) is 4.52. The normalized spacial score (nSPS) is 14.3. The molecule has 0 aliphatic heterocycles. The maximum absolute atomic E-state index is 10.4.